The van der Waals surface area contributed by atoms with Gasteiger partial charge in [-0.3, -0.25) is 9.62 Å². The Labute approximate surface area is 168 Å². The third kappa shape index (κ3) is 4.92. The van der Waals surface area contributed by atoms with Gasteiger partial charge in [-0.2, -0.15) is 0 Å². The van der Waals surface area contributed by atoms with E-state index in [-0.39, 0.29) is 16.1 Å². The number of benzene rings is 1. The predicted octanol–water partition coefficient (Wildman–Crippen LogP) is 2.72. The van der Waals surface area contributed by atoms with E-state index in [1.165, 1.54) is 23.2 Å². The molecule has 0 radical (unpaired) electrons. The summed E-state index contributed by atoms with van der Waals surface area (Å²) >= 11 is 5.69. The summed E-state index contributed by atoms with van der Waals surface area (Å²) in [5.41, 5.74) is 1.47. The fourth-order valence-electron chi connectivity index (χ4n) is 3.13. The van der Waals surface area contributed by atoms with Crippen molar-refractivity contribution in [2.24, 2.45) is 0 Å². The van der Waals surface area contributed by atoms with E-state index in [4.69, 9.17) is 16.7 Å². The van der Waals surface area contributed by atoms with E-state index in [2.05, 4.69) is 14.6 Å². The van der Waals surface area contributed by atoms with Crippen LogP contribution < -0.4 is 4.72 Å². The summed E-state index contributed by atoms with van der Waals surface area (Å²) in [5, 5.41) is 9.37. The van der Waals surface area contributed by atoms with E-state index in [9.17, 15) is 13.2 Å². The van der Waals surface area contributed by atoms with Gasteiger partial charge in [-0.05, 0) is 36.8 Å². The van der Waals surface area contributed by atoms with Crippen molar-refractivity contribution < 1.29 is 18.3 Å². The highest BCUT2D eigenvalue weighted by Gasteiger charge is 2.26. The van der Waals surface area contributed by atoms with Crippen molar-refractivity contribution in [2.75, 3.05) is 24.4 Å². The Balaban J connectivity index is 1.61. The molecule has 0 saturated carbocycles. The number of anilines is 1. The highest BCUT2D eigenvalue weighted by Crippen LogP contribution is 2.19. The Hall–Kier alpha value is -2.36. The molecule has 2 aromatic rings. The molecule has 1 saturated heterocycles. The minimum absolute atomic E-state index is 0.0336. The summed E-state index contributed by atoms with van der Waals surface area (Å²) in [6.45, 7) is 4.36. The lowest BCUT2D eigenvalue weighted by Gasteiger charge is -2.38. The van der Waals surface area contributed by atoms with E-state index in [0.717, 1.165) is 5.56 Å². The third-order valence-electron chi connectivity index (χ3n) is 4.58. The van der Waals surface area contributed by atoms with Gasteiger partial charge in [-0.25, -0.2) is 18.2 Å². The SMILES string of the molecule is C[C@H]1CN(Cc2ccc(NS(=O)(=O)c3ccc(Cl)nc3)cc2)CCN1C(=O)O. The second kappa shape index (κ2) is 8.34. The van der Waals surface area contributed by atoms with Crippen LogP contribution in [0.15, 0.2) is 47.5 Å². The quantitative estimate of drug-likeness (QED) is 0.715. The van der Waals surface area contributed by atoms with Crippen LogP contribution in [0.1, 0.15) is 12.5 Å². The topological polar surface area (TPSA) is 103 Å². The maximum Gasteiger partial charge on any atom is 0.407 e. The number of carboxylic acid groups (broad SMARTS) is 1. The summed E-state index contributed by atoms with van der Waals surface area (Å²) in [6, 6.07) is 9.86. The molecular formula is C18H21ClN4O4S. The Morgan fingerprint density at radius 1 is 1.25 bits per heavy atom. The fourth-order valence-corrected chi connectivity index (χ4v) is 4.25. The summed E-state index contributed by atoms with van der Waals surface area (Å²) in [7, 11) is -3.73. The summed E-state index contributed by atoms with van der Waals surface area (Å²) < 4.78 is 27.3. The summed E-state index contributed by atoms with van der Waals surface area (Å²) in [5.74, 6) is 0. The number of halogens is 1. The molecule has 150 valence electrons. The highest BCUT2D eigenvalue weighted by molar-refractivity contribution is 7.92. The molecule has 1 fully saturated rings. The Morgan fingerprint density at radius 2 is 1.96 bits per heavy atom. The van der Waals surface area contributed by atoms with Crippen molar-refractivity contribution in [3.05, 3.63) is 53.3 Å². The van der Waals surface area contributed by atoms with Crippen molar-refractivity contribution in [1.29, 1.82) is 0 Å². The molecule has 28 heavy (non-hydrogen) atoms. The number of carbonyl (C=O) groups is 1. The van der Waals surface area contributed by atoms with Gasteiger partial charge in [0.15, 0.2) is 0 Å². The van der Waals surface area contributed by atoms with Crippen LogP contribution in [-0.4, -0.2) is 60.1 Å². The molecule has 0 spiro atoms. The molecule has 3 rings (SSSR count). The number of amides is 1. The van der Waals surface area contributed by atoms with E-state index in [0.29, 0.717) is 31.9 Å². The first-order valence-corrected chi connectivity index (χ1v) is 10.6. The molecule has 1 aromatic heterocycles. The number of nitrogens with zero attached hydrogens (tertiary/aromatic N) is 3. The number of hydrogen-bond donors (Lipinski definition) is 2. The molecule has 2 N–H and O–H groups in total. The number of nitrogens with one attached hydrogen (secondary N) is 1. The average molecular weight is 425 g/mol. The smallest absolute Gasteiger partial charge is 0.407 e. The van der Waals surface area contributed by atoms with Gasteiger partial charge in [-0.15, -0.1) is 0 Å². The molecule has 0 bridgehead atoms. The summed E-state index contributed by atoms with van der Waals surface area (Å²) in [6.07, 6.45) is 0.316. The lowest BCUT2D eigenvalue weighted by atomic mass is 10.1. The molecule has 1 aliphatic rings. The number of pyridine rings is 1. The van der Waals surface area contributed by atoms with Gasteiger partial charge in [0.05, 0.1) is 0 Å². The van der Waals surface area contributed by atoms with E-state index in [1.54, 1.807) is 12.1 Å². The van der Waals surface area contributed by atoms with Gasteiger partial charge in [0.2, 0.25) is 0 Å². The van der Waals surface area contributed by atoms with E-state index in [1.807, 2.05) is 19.1 Å². The Bertz CT molecular complexity index is 935. The van der Waals surface area contributed by atoms with Gasteiger partial charge in [-0.1, -0.05) is 23.7 Å². The normalized spacial score (nSPS) is 18.1. The maximum absolute atomic E-state index is 12.4. The fraction of sp³-hybridized carbons (Fsp3) is 0.333. The Kier molecular flexibility index (Phi) is 6.07. The molecule has 0 unspecified atom stereocenters. The van der Waals surface area contributed by atoms with Crippen LogP contribution in [0.3, 0.4) is 0 Å². The number of aromatic nitrogens is 1. The predicted molar refractivity (Wildman–Crippen MR) is 106 cm³/mol. The van der Waals surface area contributed by atoms with Gasteiger partial charge in [0, 0.05) is 44.1 Å². The first-order valence-electron chi connectivity index (χ1n) is 8.70. The zero-order valence-corrected chi connectivity index (χ0v) is 16.8. The van der Waals surface area contributed by atoms with Crippen LogP contribution in [0.5, 0.6) is 0 Å². The summed E-state index contributed by atoms with van der Waals surface area (Å²) in [4.78, 5) is 18.6. The second-order valence-corrected chi connectivity index (χ2v) is 8.75. The zero-order chi connectivity index (χ0) is 20.3. The maximum atomic E-state index is 12.4. The van der Waals surface area contributed by atoms with Crippen LogP contribution in [0.4, 0.5) is 10.5 Å². The minimum atomic E-state index is -3.73. The second-order valence-electron chi connectivity index (χ2n) is 6.68. The number of sulfonamides is 1. The van der Waals surface area contributed by atoms with E-state index < -0.39 is 16.1 Å². The molecule has 1 amide bonds. The number of rotatable bonds is 5. The van der Waals surface area contributed by atoms with Crippen molar-refractivity contribution in [1.82, 2.24) is 14.8 Å². The van der Waals surface area contributed by atoms with Gasteiger partial charge in [0.25, 0.3) is 10.0 Å². The van der Waals surface area contributed by atoms with Gasteiger partial charge < -0.3 is 10.0 Å². The third-order valence-corrected chi connectivity index (χ3v) is 6.17. The van der Waals surface area contributed by atoms with Gasteiger partial charge >= 0.3 is 6.09 Å². The number of hydrogen-bond acceptors (Lipinski definition) is 5. The van der Waals surface area contributed by atoms with Crippen molar-refractivity contribution in [3.63, 3.8) is 0 Å². The number of piperazine rings is 1. The van der Waals surface area contributed by atoms with Crippen molar-refractivity contribution >= 4 is 33.4 Å². The van der Waals surface area contributed by atoms with Gasteiger partial charge in [0.1, 0.15) is 10.0 Å². The zero-order valence-electron chi connectivity index (χ0n) is 15.2. The van der Waals surface area contributed by atoms with Crippen LogP contribution in [0.25, 0.3) is 0 Å². The van der Waals surface area contributed by atoms with Crippen LogP contribution in [-0.2, 0) is 16.6 Å². The molecule has 8 nitrogen and oxygen atoms in total. The average Bonchev–Trinajstić information content (AvgIpc) is 2.63. The first kappa shape index (κ1) is 20.4. The molecular weight excluding hydrogens is 404 g/mol. The largest absolute Gasteiger partial charge is 0.465 e. The minimum Gasteiger partial charge on any atom is -0.465 e. The molecule has 1 atom stereocenters. The molecule has 1 aliphatic heterocycles. The first-order chi connectivity index (χ1) is 13.2. The van der Waals surface area contributed by atoms with Crippen LogP contribution >= 0.6 is 11.6 Å². The molecule has 2 heterocycles. The molecule has 0 aliphatic carbocycles. The molecule has 10 heteroatoms. The van der Waals surface area contributed by atoms with Crippen LogP contribution in [0.2, 0.25) is 5.15 Å². The lowest BCUT2D eigenvalue weighted by Crippen LogP contribution is -2.53. The molecule has 1 aromatic carbocycles. The van der Waals surface area contributed by atoms with Crippen molar-refractivity contribution in [2.45, 2.75) is 24.4 Å². The standard InChI is InChI=1S/C18H21ClN4O4S/c1-13-11-22(8-9-23(13)18(24)25)12-14-2-4-15(5-3-14)21-28(26,27)16-6-7-17(19)20-10-16/h2-7,10,13,21H,8-9,11-12H2,1H3,(H,24,25)/t13-/m0/s1. The Morgan fingerprint density at radius 3 is 2.54 bits per heavy atom. The highest BCUT2D eigenvalue weighted by atomic mass is 35.5. The van der Waals surface area contributed by atoms with E-state index >= 15 is 0 Å². The van der Waals surface area contributed by atoms with Crippen LogP contribution in [0, 0.1) is 0 Å². The monoisotopic (exact) mass is 424 g/mol. The van der Waals surface area contributed by atoms with Crippen molar-refractivity contribution in [3.8, 4) is 0 Å². The lowest BCUT2D eigenvalue weighted by molar-refractivity contribution is 0.0711.